The average Bonchev–Trinajstić information content (AvgIpc) is 3.14. The Labute approximate surface area is 338 Å². The number of aliphatic hydroxyl groups is 5. The zero-order chi connectivity index (χ0) is 43.2. The molecule has 3 aliphatic heterocycles. The number of nitrogens with zero attached hydrogens (tertiary/aromatic N) is 2. The summed E-state index contributed by atoms with van der Waals surface area (Å²) in [7, 11) is 5.18. The number of aldehydes is 1. The van der Waals surface area contributed by atoms with Crippen molar-refractivity contribution in [2.75, 3.05) is 34.6 Å². The SMILES string of the molecule is CC[C@H]1OC(=O)[C@H](C)[C@@H](O[C@H]2C[C@@](C)(OC)[C@@H](O)[C@H](C)O2)[C@H](C)[C@@H](O[C@@H]2O[C@H](C)C[C@H](N(C)C)[C@H]2O)[C@](C)(O)C[C@@H](C)/C(=N\OCOCC=O)[C@H](C)[C@@H](O)[C@]1(C)O. The van der Waals surface area contributed by atoms with E-state index in [1.807, 2.05) is 25.9 Å². The lowest BCUT2D eigenvalue weighted by molar-refractivity contribution is -0.317. The summed E-state index contributed by atoms with van der Waals surface area (Å²) in [5.41, 5.74) is -4.62. The molecule has 0 aliphatic carbocycles. The Kier molecular flexibility index (Phi) is 17.9. The van der Waals surface area contributed by atoms with Crippen molar-refractivity contribution in [3.8, 4) is 0 Å². The lowest BCUT2D eigenvalue weighted by Crippen LogP contribution is -2.61. The van der Waals surface area contributed by atoms with Gasteiger partial charge in [0, 0.05) is 37.3 Å². The molecule has 0 unspecified atom stereocenters. The van der Waals surface area contributed by atoms with Crippen LogP contribution in [0.25, 0.3) is 0 Å². The number of carbonyl (C=O) groups excluding carboxylic acids is 2. The molecule has 0 aromatic carbocycles. The van der Waals surface area contributed by atoms with Gasteiger partial charge in [-0.05, 0) is 74.9 Å². The van der Waals surface area contributed by atoms with Crippen molar-refractivity contribution < 1.29 is 73.1 Å². The molecular weight excluding hydrogens is 748 g/mol. The van der Waals surface area contributed by atoms with Crippen LogP contribution in [0.15, 0.2) is 5.16 Å². The van der Waals surface area contributed by atoms with Gasteiger partial charge < -0.3 is 73.2 Å². The van der Waals surface area contributed by atoms with Crippen LogP contribution in [0.4, 0.5) is 0 Å². The van der Waals surface area contributed by atoms with Gasteiger partial charge >= 0.3 is 5.97 Å². The molecule has 3 rings (SSSR count). The number of cyclic esters (lactones) is 1. The first-order valence-electron chi connectivity index (χ1n) is 20.2. The minimum absolute atomic E-state index is 0.0677. The van der Waals surface area contributed by atoms with Gasteiger partial charge in [0.15, 0.2) is 12.6 Å². The van der Waals surface area contributed by atoms with Crippen LogP contribution in [0.1, 0.15) is 94.9 Å². The first kappa shape index (κ1) is 49.5. The molecule has 0 aromatic rings. The molecule has 0 bridgehead atoms. The molecule has 3 saturated heterocycles. The third-order valence-corrected chi connectivity index (χ3v) is 12.4. The Bertz CT molecular complexity index is 1320. The van der Waals surface area contributed by atoms with E-state index in [1.165, 1.54) is 14.0 Å². The smallest absolute Gasteiger partial charge is 0.311 e. The highest BCUT2D eigenvalue weighted by atomic mass is 16.7. The molecule has 18 atom stereocenters. The fraction of sp³-hybridized carbons (Fsp3) is 0.925. The van der Waals surface area contributed by atoms with Gasteiger partial charge in [0.1, 0.15) is 36.8 Å². The number of esters is 1. The number of likely N-dealkylation sites (N-methyl/N-ethyl adjacent to an activating group) is 1. The summed E-state index contributed by atoms with van der Waals surface area (Å²) >= 11 is 0. The highest BCUT2D eigenvalue weighted by Crippen LogP contribution is 2.41. The number of oxime groups is 1. The molecule has 17 nitrogen and oxygen atoms in total. The summed E-state index contributed by atoms with van der Waals surface area (Å²) in [6.07, 6.45) is -9.20. The first-order chi connectivity index (χ1) is 26.5. The molecule has 0 radical (unpaired) electrons. The van der Waals surface area contributed by atoms with Crippen LogP contribution in [0.2, 0.25) is 0 Å². The lowest BCUT2D eigenvalue weighted by Gasteiger charge is -2.49. The molecule has 57 heavy (non-hydrogen) atoms. The summed E-state index contributed by atoms with van der Waals surface area (Å²) in [4.78, 5) is 32.4. The third kappa shape index (κ3) is 11.7. The fourth-order valence-corrected chi connectivity index (χ4v) is 8.83. The van der Waals surface area contributed by atoms with E-state index in [2.05, 4.69) is 5.16 Å². The monoisotopic (exact) mass is 820 g/mol. The number of hydrogen-bond donors (Lipinski definition) is 5. The van der Waals surface area contributed by atoms with Crippen LogP contribution in [-0.4, -0.2) is 167 Å². The zero-order valence-corrected chi connectivity index (χ0v) is 36.2. The molecule has 3 heterocycles. The normalized spacial score (nSPS) is 46.3. The summed E-state index contributed by atoms with van der Waals surface area (Å²) in [6.45, 7) is 16.1. The van der Waals surface area contributed by atoms with E-state index in [1.54, 1.807) is 55.4 Å². The molecule has 0 saturated carbocycles. The van der Waals surface area contributed by atoms with Gasteiger partial charge in [0.25, 0.3) is 0 Å². The summed E-state index contributed by atoms with van der Waals surface area (Å²) in [5.74, 6) is -4.28. The number of carbonyl (C=O) groups is 2. The Hall–Kier alpha value is -1.87. The fourth-order valence-electron chi connectivity index (χ4n) is 8.83. The quantitative estimate of drug-likeness (QED) is 0.0622. The predicted molar refractivity (Wildman–Crippen MR) is 207 cm³/mol. The van der Waals surface area contributed by atoms with Crippen LogP contribution < -0.4 is 0 Å². The Balaban J connectivity index is 2.24. The number of aliphatic hydroxyl groups excluding tert-OH is 3. The predicted octanol–water partition coefficient (Wildman–Crippen LogP) is 1.76. The summed E-state index contributed by atoms with van der Waals surface area (Å²) < 4.78 is 42.6. The van der Waals surface area contributed by atoms with E-state index in [0.717, 1.165) is 0 Å². The third-order valence-electron chi connectivity index (χ3n) is 12.4. The highest BCUT2D eigenvalue weighted by molar-refractivity contribution is 5.88. The maximum Gasteiger partial charge on any atom is 0.311 e. The Morgan fingerprint density at radius 3 is 2.18 bits per heavy atom. The molecule has 0 amide bonds. The van der Waals surface area contributed by atoms with Crippen molar-refractivity contribution >= 4 is 18.0 Å². The number of hydrogen-bond acceptors (Lipinski definition) is 17. The van der Waals surface area contributed by atoms with Crippen molar-refractivity contribution in [2.24, 2.45) is 28.8 Å². The van der Waals surface area contributed by atoms with Crippen molar-refractivity contribution in [1.29, 1.82) is 0 Å². The van der Waals surface area contributed by atoms with E-state index < -0.39 is 102 Å². The molecule has 0 aromatic heterocycles. The number of methoxy groups -OCH3 is 1. The minimum atomic E-state index is -2.00. The molecule has 3 fully saturated rings. The van der Waals surface area contributed by atoms with Crippen molar-refractivity contribution in [3.63, 3.8) is 0 Å². The van der Waals surface area contributed by atoms with Gasteiger partial charge in [-0.15, -0.1) is 0 Å². The van der Waals surface area contributed by atoms with Gasteiger partial charge in [0.05, 0.1) is 53.4 Å². The lowest BCUT2D eigenvalue weighted by atomic mass is 9.73. The maximum atomic E-state index is 14.3. The molecule has 332 valence electrons. The number of ether oxygens (including phenoxy) is 7. The van der Waals surface area contributed by atoms with Gasteiger partial charge in [0.2, 0.25) is 6.79 Å². The standard InChI is InChI=1S/C40H72N2O15/c1-14-28-40(10,49)33(45)23(4)30(41-52-20-51-16-15-43)21(2)18-38(8,48)35(57-37-31(44)27(42(11)12)17-22(3)53-37)24(5)32(25(6)36(47)55-28)56-29-19-39(9,50-13)34(46)26(7)54-29/h15,21-29,31-35,37,44-46,48-49H,14,16-20H2,1-13H3/b41-30+/t21-,22-,23+,24+,25-,26+,27+,28-,29+,31-,32+,33-,34+,35-,37+,38-,39-,40-/m1/s1. The van der Waals surface area contributed by atoms with Crippen LogP contribution in [0.5, 0.6) is 0 Å². The van der Waals surface area contributed by atoms with E-state index in [-0.39, 0.29) is 50.5 Å². The van der Waals surface area contributed by atoms with E-state index in [9.17, 15) is 35.1 Å². The number of rotatable bonds is 12. The van der Waals surface area contributed by atoms with Crippen molar-refractivity contribution in [3.05, 3.63) is 0 Å². The average molecular weight is 821 g/mol. The largest absolute Gasteiger partial charge is 0.459 e. The molecule has 17 heteroatoms. The molecule has 0 spiro atoms. The van der Waals surface area contributed by atoms with Gasteiger partial charge in [-0.25, -0.2) is 0 Å². The second-order valence-electron chi connectivity index (χ2n) is 17.4. The summed E-state index contributed by atoms with van der Waals surface area (Å²) in [5, 5.41) is 63.2. The molecular formula is C40H72N2O15. The van der Waals surface area contributed by atoms with E-state index in [4.69, 9.17) is 38.0 Å². The highest BCUT2D eigenvalue weighted by Gasteiger charge is 2.53. The molecule has 3 aliphatic rings. The molecule has 5 N–H and O–H groups in total. The van der Waals surface area contributed by atoms with Crippen LogP contribution in [0, 0.1) is 23.7 Å². The maximum absolute atomic E-state index is 14.3. The zero-order valence-electron chi connectivity index (χ0n) is 36.2. The first-order valence-corrected chi connectivity index (χ1v) is 20.2. The van der Waals surface area contributed by atoms with Crippen LogP contribution in [-0.2, 0) is 47.6 Å². The second-order valence-corrected chi connectivity index (χ2v) is 17.4. The van der Waals surface area contributed by atoms with Crippen molar-refractivity contribution in [1.82, 2.24) is 4.90 Å². The second kappa shape index (κ2) is 20.6. The topological polar surface area (TPSA) is 225 Å². The van der Waals surface area contributed by atoms with Crippen LogP contribution >= 0.6 is 0 Å². The van der Waals surface area contributed by atoms with Crippen molar-refractivity contribution in [2.45, 2.75) is 179 Å². The van der Waals surface area contributed by atoms with E-state index in [0.29, 0.717) is 12.7 Å². The van der Waals surface area contributed by atoms with Gasteiger partial charge in [-0.3, -0.25) is 4.79 Å². The van der Waals surface area contributed by atoms with Crippen LogP contribution in [0.3, 0.4) is 0 Å². The summed E-state index contributed by atoms with van der Waals surface area (Å²) in [6, 6.07) is -0.342. The van der Waals surface area contributed by atoms with E-state index >= 15 is 0 Å². The minimum Gasteiger partial charge on any atom is -0.459 e. The van der Waals surface area contributed by atoms with Gasteiger partial charge in [-0.2, -0.15) is 0 Å². The Morgan fingerprint density at radius 2 is 1.60 bits per heavy atom. The Morgan fingerprint density at radius 1 is 0.947 bits per heavy atom. The van der Waals surface area contributed by atoms with Gasteiger partial charge in [-0.1, -0.05) is 32.9 Å².